The molecule has 1 saturated carbocycles. The van der Waals surface area contributed by atoms with Crippen LogP contribution in [0, 0.1) is 0 Å². The van der Waals surface area contributed by atoms with E-state index in [0.29, 0.717) is 0 Å². The molecule has 0 aliphatic heterocycles. The van der Waals surface area contributed by atoms with Gasteiger partial charge in [-0.2, -0.15) is 0 Å². The van der Waals surface area contributed by atoms with Gasteiger partial charge in [0.15, 0.2) is 6.61 Å². The Morgan fingerprint density at radius 3 is 2.55 bits per heavy atom. The van der Waals surface area contributed by atoms with Gasteiger partial charge in [0.1, 0.15) is 4.21 Å². The Bertz CT molecular complexity index is 951. The van der Waals surface area contributed by atoms with Gasteiger partial charge in [0.25, 0.3) is 15.9 Å². The van der Waals surface area contributed by atoms with Gasteiger partial charge in [-0.15, -0.1) is 11.3 Å². The summed E-state index contributed by atoms with van der Waals surface area (Å²) in [6.07, 6.45) is 5.30. The predicted molar refractivity (Wildman–Crippen MR) is 111 cm³/mol. The summed E-state index contributed by atoms with van der Waals surface area (Å²) >= 11 is 1.08. The third-order valence-corrected chi connectivity index (χ3v) is 7.76. The summed E-state index contributed by atoms with van der Waals surface area (Å²) in [6, 6.07) is 9.46. The van der Waals surface area contributed by atoms with Crippen LogP contribution in [0.5, 0.6) is 0 Å². The number of hydrogen-bond acceptors (Lipinski definition) is 6. The van der Waals surface area contributed by atoms with Gasteiger partial charge in [-0.1, -0.05) is 37.5 Å². The minimum Gasteiger partial charge on any atom is -0.452 e. The zero-order valence-electron chi connectivity index (χ0n) is 16.2. The van der Waals surface area contributed by atoms with Crippen LogP contribution >= 0.6 is 11.3 Å². The maximum absolute atomic E-state index is 12.5. The first kappa shape index (κ1) is 21.3. The van der Waals surface area contributed by atoms with E-state index in [-0.39, 0.29) is 34.0 Å². The largest absolute Gasteiger partial charge is 0.452 e. The van der Waals surface area contributed by atoms with Crippen molar-refractivity contribution in [2.45, 2.75) is 42.4 Å². The first-order valence-corrected chi connectivity index (χ1v) is 11.8. The van der Waals surface area contributed by atoms with Crippen molar-refractivity contribution in [3.63, 3.8) is 0 Å². The summed E-state index contributed by atoms with van der Waals surface area (Å²) in [5.74, 6) is -1.01. The first-order valence-electron chi connectivity index (χ1n) is 9.46. The lowest BCUT2D eigenvalue weighted by atomic mass is 9.94. The average molecular weight is 437 g/mol. The second kappa shape index (κ2) is 9.41. The third kappa shape index (κ3) is 5.36. The summed E-state index contributed by atoms with van der Waals surface area (Å²) in [4.78, 5) is 26.6. The van der Waals surface area contributed by atoms with E-state index in [1.165, 1.54) is 24.6 Å². The fourth-order valence-electron chi connectivity index (χ4n) is 3.34. The van der Waals surface area contributed by atoms with Crippen LogP contribution in [-0.2, 0) is 19.6 Å². The number of anilines is 1. The number of rotatable bonds is 7. The quantitative estimate of drug-likeness (QED) is 0.671. The summed E-state index contributed by atoms with van der Waals surface area (Å²) in [7, 11) is -2.07. The van der Waals surface area contributed by atoms with E-state index >= 15 is 0 Å². The predicted octanol–water partition coefficient (Wildman–Crippen LogP) is 3.50. The lowest BCUT2D eigenvalue weighted by Gasteiger charge is -2.31. The van der Waals surface area contributed by atoms with Crippen LogP contribution in [0.15, 0.2) is 46.0 Å². The van der Waals surface area contributed by atoms with E-state index in [0.717, 1.165) is 37.0 Å². The Hall–Kier alpha value is -2.39. The molecule has 0 saturated heterocycles. The molecule has 7 nitrogen and oxygen atoms in total. The average Bonchev–Trinajstić information content (AvgIpc) is 3.28. The standard InChI is InChI=1S/C20H24N2O5S2/c1-22(15-8-3-2-4-9-15)18(23)14-27-20(24)16-10-5-6-11-17(16)21-29(25,26)19-12-7-13-28-19/h5-7,10-13,15,21H,2-4,8-9,14H2,1H3. The van der Waals surface area contributed by atoms with Crippen molar-refractivity contribution in [1.29, 1.82) is 0 Å². The highest BCUT2D eigenvalue weighted by molar-refractivity contribution is 7.94. The summed E-state index contributed by atoms with van der Waals surface area (Å²) < 4.78 is 32.7. The molecule has 29 heavy (non-hydrogen) atoms. The summed E-state index contributed by atoms with van der Waals surface area (Å²) in [5, 5.41) is 1.66. The van der Waals surface area contributed by atoms with Crippen LogP contribution < -0.4 is 4.72 Å². The lowest BCUT2D eigenvalue weighted by molar-refractivity contribution is -0.135. The van der Waals surface area contributed by atoms with Crippen LogP contribution in [-0.4, -0.2) is 44.9 Å². The van der Waals surface area contributed by atoms with Crippen molar-refractivity contribution < 1.29 is 22.7 Å². The number of ether oxygens (including phenoxy) is 1. The zero-order chi connectivity index (χ0) is 20.9. The second-order valence-electron chi connectivity index (χ2n) is 6.96. The molecular formula is C20H24N2O5S2. The Balaban J connectivity index is 1.65. The molecule has 1 aromatic heterocycles. The van der Waals surface area contributed by atoms with Crippen molar-refractivity contribution in [3.05, 3.63) is 47.3 Å². The Morgan fingerprint density at radius 2 is 1.86 bits per heavy atom. The number of likely N-dealkylation sites (N-methyl/N-ethyl adjacent to an activating group) is 1. The molecule has 1 amide bonds. The molecule has 0 unspecified atom stereocenters. The highest BCUT2D eigenvalue weighted by Crippen LogP contribution is 2.24. The van der Waals surface area contributed by atoms with E-state index in [9.17, 15) is 18.0 Å². The maximum atomic E-state index is 12.5. The number of carbonyl (C=O) groups excluding carboxylic acids is 2. The van der Waals surface area contributed by atoms with Crippen molar-refractivity contribution in [1.82, 2.24) is 4.90 Å². The van der Waals surface area contributed by atoms with Crippen molar-refractivity contribution in [3.8, 4) is 0 Å². The number of thiophene rings is 1. The monoisotopic (exact) mass is 436 g/mol. The number of para-hydroxylation sites is 1. The van der Waals surface area contributed by atoms with E-state index in [2.05, 4.69) is 4.72 Å². The van der Waals surface area contributed by atoms with Crippen LogP contribution in [0.25, 0.3) is 0 Å². The highest BCUT2D eigenvalue weighted by atomic mass is 32.2. The molecule has 1 aliphatic carbocycles. The number of sulfonamides is 1. The number of carbonyl (C=O) groups is 2. The number of esters is 1. The second-order valence-corrected chi connectivity index (χ2v) is 9.81. The number of nitrogens with zero attached hydrogens (tertiary/aromatic N) is 1. The molecule has 2 aromatic rings. The minimum atomic E-state index is -3.80. The van der Waals surface area contributed by atoms with Crippen molar-refractivity contribution in [2.75, 3.05) is 18.4 Å². The van der Waals surface area contributed by atoms with E-state index < -0.39 is 16.0 Å². The summed E-state index contributed by atoms with van der Waals surface area (Å²) in [5.41, 5.74) is 0.166. The maximum Gasteiger partial charge on any atom is 0.340 e. The molecule has 1 N–H and O–H groups in total. The molecule has 1 heterocycles. The first-order chi connectivity index (χ1) is 13.9. The van der Waals surface area contributed by atoms with Gasteiger partial charge in [-0.3, -0.25) is 9.52 Å². The molecule has 1 fully saturated rings. The molecule has 0 spiro atoms. The Morgan fingerprint density at radius 1 is 1.14 bits per heavy atom. The number of amides is 1. The minimum absolute atomic E-state index is 0.0563. The zero-order valence-corrected chi connectivity index (χ0v) is 17.8. The van der Waals surface area contributed by atoms with Crippen LogP contribution in [0.3, 0.4) is 0 Å². The fourth-order valence-corrected chi connectivity index (χ4v) is 5.41. The number of hydrogen-bond donors (Lipinski definition) is 1. The van der Waals surface area contributed by atoms with Gasteiger partial charge in [-0.05, 0) is 36.4 Å². The Labute approximate surface area is 174 Å². The molecule has 3 rings (SSSR count). The van der Waals surface area contributed by atoms with Crippen molar-refractivity contribution in [2.24, 2.45) is 0 Å². The summed E-state index contributed by atoms with van der Waals surface area (Å²) in [6.45, 7) is -0.377. The van der Waals surface area contributed by atoms with E-state index in [4.69, 9.17) is 4.74 Å². The van der Waals surface area contributed by atoms with E-state index in [1.54, 1.807) is 35.5 Å². The van der Waals surface area contributed by atoms with Gasteiger partial charge in [0.05, 0.1) is 11.3 Å². The molecule has 156 valence electrons. The lowest BCUT2D eigenvalue weighted by Crippen LogP contribution is -2.40. The Kier molecular flexibility index (Phi) is 6.92. The van der Waals surface area contributed by atoms with Crippen LogP contribution in [0.4, 0.5) is 5.69 Å². The molecular weight excluding hydrogens is 412 g/mol. The molecule has 0 radical (unpaired) electrons. The van der Waals surface area contributed by atoms with Crippen LogP contribution in [0.2, 0.25) is 0 Å². The van der Waals surface area contributed by atoms with Gasteiger partial charge >= 0.3 is 5.97 Å². The number of benzene rings is 1. The molecule has 0 bridgehead atoms. The molecule has 0 atom stereocenters. The van der Waals surface area contributed by atoms with Gasteiger partial charge in [0, 0.05) is 13.1 Å². The van der Waals surface area contributed by atoms with Gasteiger partial charge in [-0.25, -0.2) is 13.2 Å². The molecule has 1 aliphatic rings. The molecule has 1 aromatic carbocycles. The highest BCUT2D eigenvalue weighted by Gasteiger charge is 2.24. The SMILES string of the molecule is CN(C(=O)COC(=O)c1ccccc1NS(=O)(=O)c1cccs1)C1CCCCC1. The van der Waals surface area contributed by atoms with E-state index in [1.807, 2.05) is 0 Å². The van der Waals surface area contributed by atoms with Crippen LogP contribution in [0.1, 0.15) is 42.5 Å². The van der Waals surface area contributed by atoms with Gasteiger partial charge < -0.3 is 9.64 Å². The van der Waals surface area contributed by atoms with Gasteiger partial charge in [0.2, 0.25) is 0 Å². The fraction of sp³-hybridized carbons (Fsp3) is 0.400. The third-order valence-electron chi connectivity index (χ3n) is 4.99. The smallest absolute Gasteiger partial charge is 0.340 e. The van der Waals surface area contributed by atoms with Crippen molar-refractivity contribution >= 4 is 38.9 Å². The number of nitrogens with one attached hydrogen (secondary N) is 1. The topological polar surface area (TPSA) is 92.8 Å². The molecule has 9 heteroatoms. The normalized spacial score (nSPS) is 14.9.